The van der Waals surface area contributed by atoms with Gasteiger partial charge in [0.2, 0.25) is 0 Å². The summed E-state index contributed by atoms with van der Waals surface area (Å²) in [5.41, 5.74) is 1.41. The van der Waals surface area contributed by atoms with Gasteiger partial charge in [0.25, 0.3) is 0 Å². The summed E-state index contributed by atoms with van der Waals surface area (Å²) in [5.74, 6) is 0. The van der Waals surface area contributed by atoms with E-state index in [9.17, 15) is 0 Å². The first kappa shape index (κ1) is 13.8. The molecule has 1 N–H and O–H groups in total. The minimum atomic E-state index is 0.289. The van der Waals surface area contributed by atoms with E-state index in [0.717, 1.165) is 30.5 Å². The van der Waals surface area contributed by atoms with Crippen molar-refractivity contribution in [1.82, 2.24) is 10.2 Å². The molecule has 1 aromatic heterocycles. The number of nitrogens with zero attached hydrogens (tertiary/aromatic N) is 1. The average molecular weight is 301 g/mol. The van der Waals surface area contributed by atoms with E-state index in [2.05, 4.69) is 30.3 Å². The Kier molecular flexibility index (Phi) is 4.15. The molecule has 3 nitrogen and oxygen atoms in total. The lowest BCUT2D eigenvalue weighted by atomic mass is 10.1. The van der Waals surface area contributed by atoms with E-state index < -0.39 is 0 Å². The molecule has 5 heteroatoms. The van der Waals surface area contributed by atoms with Gasteiger partial charge in [0.1, 0.15) is 0 Å². The molecule has 106 valence electrons. The summed E-state index contributed by atoms with van der Waals surface area (Å²) in [6.45, 7) is 5.12. The molecule has 1 aromatic rings. The highest BCUT2D eigenvalue weighted by Crippen LogP contribution is 2.39. The molecule has 0 radical (unpaired) electrons. The second-order valence-corrected chi connectivity index (χ2v) is 7.42. The molecular weight excluding hydrogens is 280 g/mol. The van der Waals surface area contributed by atoms with Crippen LogP contribution in [0.15, 0.2) is 6.07 Å². The van der Waals surface area contributed by atoms with Gasteiger partial charge in [0.05, 0.1) is 17.0 Å². The normalized spacial score (nSPS) is 29.4. The van der Waals surface area contributed by atoms with E-state index in [1.165, 1.54) is 16.9 Å². The van der Waals surface area contributed by atoms with Gasteiger partial charge >= 0.3 is 0 Å². The van der Waals surface area contributed by atoms with Crippen molar-refractivity contribution in [2.45, 2.75) is 38.0 Å². The third-order valence-electron chi connectivity index (χ3n) is 4.17. The predicted octanol–water partition coefficient (Wildman–Crippen LogP) is 2.70. The molecular formula is C14H21ClN2OS. The Balaban J connectivity index is 1.62. The largest absolute Gasteiger partial charge is 0.374 e. The van der Waals surface area contributed by atoms with Crippen LogP contribution in [0.1, 0.15) is 29.8 Å². The number of halogens is 1. The van der Waals surface area contributed by atoms with E-state index in [4.69, 9.17) is 16.3 Å². The van der Waals surface area contributed by atoms with Crippen LogP contribution in [0.3, 0.4) is 0 Å². The molecule has 0 unspecified atom stereocenters. The molecule has 3 atom stereocenters. The Morgan fingerprint density at radius 1 is 1.58 bits per heavy atom. The number of likely N-dealkylation sites (N-methyl/N-ethyl adjacent to an activating group) is 1. The fraction of sp³-hybridized carbons (Fsp3) is 0.714. The summed E-state index contributed by atoms with van der Waals surface area (Å²) in [4.78, 5) is 3.80. The van der Waals surface area contributed by atoms with Crippen LogP contribution in [0.2, 0.25) is 4.34 Å². The zero-order valence-electron chi connectivity index (χ0n) is 11.5. The minimum Gasteiger partial charge on any atom is -0.374 e. The summed E-state index contributed by atoms with van der Waals surface area (Å²) in [6, 6.07) is 2.95. The maximum atomic E-state index is 6.11. The number of aryl methyl sites for hydroxylation is 1. The zero-order chi connectivity index (χ0) is 13.4. The van der Waals surface area contributed by atoms with Crippen molar-refractivity contribution >= 4 is 22.9 Å². The number of fused-ring (bicyclic) bond motifs is 1. The average Bonchev–Trinajstić information content (AvgIpc) is 2.90. The van der Waals surface area contributed by atoms with Crippen LogP contribution >= 0.6 is 22.9 Å². The zero-order valence-corrected chi connectivity index (χ0v) is 13.1. The predicted molar refractivity (Wildman–Crippen MR) is 80.2 cm³/mol. The molecule has 0 saturated carbocycles. The van der Waals surface area contributed by atoms with E-state index >= 15 is 0 Å². The molecule has 0 aromatic carbocycles. The molecule has 3 rings (SSSR count). The van der Waals surface area contributed by atoms with Gasteiger partial charge in [-0.25, -0.2) is 0 Å². The second-order valence-electron chi connectivity index (χ2n) is 5.65. The fourth-order valence-electron chi connectivity index (χ4n) is 3.04. The summed E-state index contributed by atoms with van der Waals surface area (Å²) in [5, 5.41) is 3.73. The smallest absolute Gasteiger partial charge is 0.0934 e. The highest BCUT2D eigenvalue weighted by molar-refractivity contribution is 7.16. The monoisotopic (exact) mass is 300 g/mol. The molecule has 0 bridgehead atoms. The topological polar surface area (TPSA) is 24.5 Å². The number of hydrogen-bond donors (Lipinski definition) is 1. The number of hydrogen-bond acceptors (Lipinski definition) is 4. The van der Waals surface area contributed by atoms with Crippen molar-refractivity contribution in [3.63, 3.8) is 0 Å². The SMILES string of the molecule is C[C@H](N[C@H]1CCc2sc(Cl)cc21)[C@@H]1CN(C)CCO1. The third-order valence-corrected chi connectivity index (χ3v) is 5.51. The molecule has 1 aliphatic carbocycles. The van der Waals surface area contributed by atoms with Crippen LogP contribution in [-0.2, 0) is 11.2 Å². The molecule has 1 aliphatic heterocycles. The first-order valence-electron chi connectivity index (χ1n) is 6.98. The highest BCUT2D eigenvalue weighted by Gasteiger charge is 2.30. The molecule has 19 heavy (non-hydrogen) atoms. The second kappa shape index (κ2) is 5.70. The number of nitrogens with one attached hydrogen (secondary N) is 1. The van der Waals surface area contributed by atoms with Crippen LogP contribution < -0.4 is 5.32 Å². The van der Waals surface area contributed by atoms with Gasteiger partial charge in [-0.2, -0.15) is 0 Å². The molecule has 0 amide bonds. The van der Waals surface area contributed by atoms with Crippen LogP contribution in [0, 0.1) is 0 Å². The Morgan fingerprint density at radius 2 is 2.42 bits per heavy atom. The van der Waals surface area contributed by atoms with Crippen LogP contribution in [-0.4, -0.2) is 43.8 Å². The number of rotatable bonds is 3. The van der Waals surface area contributed by atoms with E-state index in [0.29, 0.717) is 12.1 Å². The lowest BCUT2D eigenvalue weighted by Crippen LogP contribution is -2.50. The van der Waals surface area contributed by atoms with Crippen molar-refractivity contribution in [3.05, 3.63) is 20.8 Å². The Labute approximate surface area is 123 Å². The highest BCUT2D eigenvalue weighted by atomic mass is 35.5. The number of ether oxygens (including phenoxy) is 1. The van der Waals surface area contributed by atoms with Crippen molar-refractivity contribution in [3.8, 4) is 0 Å². The lowest BCUT2D eigenvalue weighted by Gasteiger charge is -2.35. The van der Waals surface area contributed by atoms with Crippen molar-refractivity contribution in [2.75, 3.05) is 26.7 Å². The standard InChI is InChI=1S/C14H21ClN2OS/c1-9(12-8-17(2)5-6-18-12)16-11-3-4-13-10(11)7-14(15)19-13/h7,9,11-12,16H,3-6,8H2,1-2H3/t9-,11-,12-/m0/s1. The maximum absolute atomic E-state index is 6.11. The van der Waals surface area contributed by atoms with E-state index in [-0.39, 0.29) is 6.10 Å². The summed E-state index contributed by atoms with van der Waals surface area (Å²) >= 11 is 7.84. The van der Waals surface area contributed by atoms with Gasteiger partial charge in [0.15, 0.2) is 0 Å². The first-order valence-corrected chi connectivity index (χ1v) is 8.17. The van der Waals surface area contributed by atoms with Crippen molar-refractivity contribution in [1.29, 1.82) is 0 Å². The number of thiophene rings is 1. The molecule has 1 saturated heterocycles. The van der Waals surface area contributed by atoms with Gasteiger partial charge in [-0.3, -0.25) is 0 Å². The van der Waals surface area contributed by atoms with Gasteiger partial charge < -0.3 is 15.0 Å². The van der Waals surface area contributed by atoms with E-state index in [1.807, 2.05) is 0 Å². The lowest BCUT2D eigenvalue weighted by molar-refractivity contribution is -0.0371. The maximum Gasteiger partial charge on any atom is 0.0934 e. The molecule has 1 fully saturated rings. The Bertz CT molecular complexity index is 451. The third kappa shape index (κ3) is 2.98. The summed E-state index contributed by atoms with van der Waals surface area (Å²) < 4.78 is 6.80. The molecule has 0 spiro atoms. The van der Waals surface area contributed by atoms with Gasteiger partial charge in [-0.15, -0.1) is 11.3 Å². The minimum absolute atomic E-state index is 0.289. The Morgan fingerprint density at radius 3 is 3.21 bits per heavy atom. The van der Waals surface area contributed by atoms with Crippen LogP contribution in [0.4, 0.5) is 0 Å². The summed E-state index contributed by atoms with van der Waals surface area (Å²) in [6.07, 6.45) is 2.63. The molecule has 2 aliphatic rings. The van der Waals surface area contributed by atoms with Gasteiger partial charge in [-0.1, -0.05) is 11.6 Å². The quantitative estimate of drug-likeness (QED) is 0.929. The van der Waals surface area contributed by atoms with Crippen molar-refractivity contribution < 1.29 is 4.74 Å². The van der Waals surface area contributed by atoms with Crippen LogP contribution in [0.25, 0.3) is 0 Å². The van der Waals surface area contributed by atoms with Gasteiger partial charge in [0, 0.05) is 30.1 Å². The van der Waals surface area contributed by atoms with Crippen LogP contribution in [0.5, 0.6) is 0 Å². The number of morpholine rings is 1. The Hall–Kier alpha value is -0.130. The van der Waals surface area contributed by atoms with Gasteiger partial charge in [-0.05, 0) is 38.4 Å². The fourth-order valence-corrected chi connectivity index (χ4v) is 4.40. The first-order chi connectivity index (χ1) is 9.13. The summed E-state index contributed by atoms with van der Waals surface area (Å²) in [7, 11) is 2.16. The molecule has 2 heterocycles. The van der Waals surface area contributed by atoms with E-state index in [1.54, 1.807) is 11.3 Å². The van der Waals surface area contributed by atoms with Crippen molar-refractivity contribution in [2.24, 2.45) is 0 Å².